The molecular formula is C27H30F2N2O3. The van der Waals surface area contributed by atoms with Crippen LogP contribution >= 0.6 is 0 Å². The molecule has 2 aromatic carbocycles. The van der Waals surface area contributed by atoms with E-state index in [0.29, 0.717) is 6.54 Å². The molecule has 5 rings (SSSR count). The standard InChI is InChI=1S/C27H30F2N2O3/c1-16-11-24(34-2)22(21-7-9-30-25(16)21)15-31-10-8-19(20-13-27(28,29)14-20)12-23(31)17-3-5-18(6-4-17)26(32)33/h3-7,9,11,19-20,23,30H,8,10,12-15H2,1-2H3,(H,32,33)/t19-,23+/m1/s1. The zero-order chi connectivity index (χ0) is 24.0. The van der Waals surface area contributed by atoms with Crippen LogP contribution in [0.4, 0.5) is 8.78 Å². The Morgan fingerprint density at radius 1 is 1.21 bits per heavy atom. The number of carboxylic acids is 1. The predicted molar refractivity (Wildman–Crippen MR) is 127 cm³/mol. The number of hydrogen-bond acceptors (Lipinski definition) is 3. The highest BCUT2D eigenvalue weighted by Gasteiger charge is 2.49. The van der Waals surface area contributed by atoms with Crippen LogP contribution in [0.1, 0.15) is 58.8 Å². The first kappa shape index (κ1) is 22.8. The first-order valence-electron chi connectivity index (χ1n) is 11.8. The maximum Gasteiger partial charge on any atom is 0.335 e. The number of H-pyrrole nitrogens is 1. The number of aromatic carboxylic acids is 1. The number of nitrogens with one attached hydrogen (secondary N) is 1. The number of likely N-dealkylation sites (tertiary alicyclic amines) is 1. The molecule has 0 amide bonds. The molecule has 2 atom stereocenters. The lowest BCUT2D eigenvalue weighted by Gasteiger charge is -2.47. The minimum atomic E-state index is -2.52. The maximum atomic E-state index is 13.6. The van der Waals surface area contributed by atoms with Crippen LogP contribution < -0.4 is 4.74 Å². The number of aromatic amines is 1. The molecule has 34 heavy (non-hydrogen) atoms. The summed E-state index contributed by atoms with van der Waals surface area (Å²) in [6.07, 6.45) is 3.58. The number of halogens is 2. The third-order valence-corrected chi connectivity index (χ3v) is 7.78. The number of carbonyl (C=O) groups is 1. The molecule has 1 aromatic heterocycles. The monoisotopic (exact) mass is 468 g/mol. The van der Waals surface area contributed by atoms with Crippen molar-refractivity contribution in [2.45, 2.75) is 51.1 Å². The van der Waals surface area contributed by atoms with Crippen LogP contribution in [0.15, 0.2) is 42.6 Å². The first-order chi connectivity index (χ1) is 16.3. The molecule has 2 heterocycles. The molecule has 1 aliphatic heterocycles. The molecule has 180 valence electrons. The van der Waals surface area contributed by atoms with Crippen molar-refractivity contribution in [3.8, 4) is 5.75 Å². The second kappa shape index (κ2) is 8.69. The SMILES string of the molecule is COc1cc(C)c2[nH]ccc2c1CN1CC[C@@H](C2CC(F)(F)C2)C[C@H]1c1ccc(C(=O)O)cc1. The van der Waals surface area contributed by atoms with Crippen molar-refractivity contribution in [2.75, 3.05) is 13.7 Å². The van der Waals surface area contributed by atoms with E-state index in [4.69, 9.17) is 4.74 Å². The smallest absolute Gasteiger partial charge is 0.335 e. The van der Waals surface area contributed by atoms with Crippen LogP contribution in [-0.4, -0.2) is 40.5 Å². The second-order valence-electron chi connectivity index (χ2n) is 9.86. The van der Waals surface area contributed by atoms with Gasteiger partial charge in [-0.3, -0.25) is 4.90 Å². The molecule has 0 bridgehead atoms. The molecule has 2 aliphatic rings. The van der Waals surface area contributed by atoms with Gasteiger partial charge in [0.2, 0.25) is 5.92 Å². The van der Waals surface area contributed by atoms with E-state index in [0.717, 1.165) is 52.7 Å². The summed E-state index contributed by atoms with van der Waals surface area (Å²) in [6.45, 7) is 3.51. The number of ether oxygens (including phenoxy) is 1. The summed E-state index contributed by atoms with van der Waals surface area (Å²) in [5.41, 5.74) is 4.58. The lowest BCUT2D eigenvalue weighted by atomic mass is 9.68. The lowest BCUT2D eigenvalue weighted by Crippen LogP contribution is -2.45. The third kappa shape index (κ3) is 4.17. The Morgan fingerprint density at radius 2 is 1.94 bits per heavy atom. The van der Waals surface area contributed by atoms with E-state index in [9.17, 15) is 18.7 Å². The normalized spacial score (nSPS) is 23.1. The summed E-state index contributed by atoms with van der Waals surface area (Å²) in [6, 6.07) is 11.2. The zero-order valence-electron chi connectivity index (χ0n) is 19.5. The van der Waals surface area contributed by atoms with E-state index >= 15 is 0 Å². The van der Waals surface area contributed by atoms with E-state index in [1.54, 1.807) is 19.2 Å². The Kier molecular flexibility index (Phi) is 5.84. The fourth-order valence-corrected chi connectivity index (χ4v) is 5.88. The van der Waals surface area contributed by atoms with Crippen molar-refractivity contribution in [1.82, 2.24) is 9.88 Å². The summed E-state index contributed by atoms with van der Waals surface area (Å²) < 4.78 is 32.9. The van der Waals surface area contributed by atoms with Gasteiger partial charge in [0, 0.05) is 48.1 Å². The van der Waals surface area contributed by atoms with Gasteiger partial charge < -0.3 is 14.8 Å². The molecule has 0 radical (unpaired) electrons. The largest absolute Gasteiger partial charge is 0.496 e. The number of aryl methyl sites for hydroxylation is 1. The number of fused-ring (bicyclic) bond motifs is 1. The second-order valence-corrected chi connectivity index (χ2v) is 9.86. The number of aromatic nitrogens is 1. The molecule has 1 saturated carbocycles. The molecule has 0 unspecified atom stereocenters. The Bertz CT molecular complexity index is 1200. The van der Waals surface area contributed by atoms with E-state index in [-0.39, 0.29) is 36.3 Å². The van der Waals surface area contributed by atoms with Gasteiger partial charge in [-0.05, 0) is 73.5 Å². The highest BCUT2D eigenvalue weighted by Crippen LogP contribution is 2.51. The van der Waals surface area contributed by atoms with Gasteiger partial charge in [0.1, 0.15) is 5.75 Å². The molecular weight excluding hydrogens is 438 g/mol. The summed E-state index contributed by atoms with van der Waals surface area (Å²) >= 11 is 0. The van der Waals surface area contributed by atoms with E-state index in [2.05, 4.69) is 22.9 Å². The van der Waals surface area contributed by atoms with Gasteiger partial charge in [-0.15, -0.1) is 0 Å². The Morgan fingerprint density at radius 3 is 2.59 bits per heavy atom. The zero-order valence-corrected chi connectivity index (χ0v) is 19.5. The average molecular weight is 469 g/mol. The van der Waals surface area contributed by atoms with Crippen molar-refractivity contribution in [3.63, 3.8) is 0 Å². The fourth-order valence-electron chi connectivity index (χ4n) is 5.88. The van der Waals surface area contributed by atoms with Gasteiger partial charge in [-0.2, -0.15) is 0 Å². The number of piperidine rings is 1. The third-order valence-electron chi connectivity index (χ3n) is 7.78. The van der Waals surface area contributed by atoms with Gasteiger partial charge in [0.05, 0.1) is 12.7 Å². The van der Waals surface area contributed by atoms with Gasteiger partial charge in [0.15, 0.2) is 0 Å². The number of alkyl halides is 2. The van der Waals surface area contributed by atoms with Crippen molar-refractivity contribution < 1.29 is 23.4 Å². The van der Waals surface area contributed by atoms with Crippen LogP contribution in [-0.2, 0) is 6.54 Å². The van der Waals surface area contributed by atoms with Gasteiger partial charge in [-0.25, -0.2) is 13.6 Å². The minimum Gasteiger partial charge on any atom is -0.496 e. The molecule has 7 heteroatoms. The quantitative estimate of drug-likeness (QED) is 0.453. The maximum absolute atomic E-state index is 13.6. The summed E-state index contributed by atoms with van der Waals surface area (Å²) in [4.78, 5) is 17.1. The number of hydrogen-bond donors (Lipinski definition) is 2. The molecule has 2 fully saturated rings. The number of carboxylic acid groups (broad SMARTS) is 1. The van der Waals surface area contributed by atoms with Crippen LogP contribution in [0.25, 0.3) is 10.9 Å². The minimum absolute atomic E-state index is 0.0158. The van der Waals surface area contributed by atoms with Gasteiger partial charge in [0.25, 0.3) is 0 Å². The van der Waals surface area contributed by atoms with E-state index < -0.39 is 11.9 Å². The molecule has 3 aromatic rings. The average Bonchev–Trinajstić information content (AvgIpc) is 3.30. The number of methoxy groups -OCH3 is 1. The highest BCUT2D eigenvalue weighted by molar-refractivity contribution is 5.88. The van der Waals surface area contributed by atoms with Crippen LogP contribution in [0.2, 0.25) is 0 Å². The van der Waals surface area contributed by atoms with Crippen LogP contribution in [0.5, 0.6) is 5.75 Å². The molecule has 1 aliphatic carbocycles. The first-order valence-corrected chi connectivity index (χ1v) is 11.8. The Labute approximate surface area is 197 Å². The number of benzene rings is 2. The Balaban J connectivity index is 1.47. The van der Waals surface area contributed by atoms with Crippen molar-refractivity contribution in [1.29, 1.82) is 0 Å². The fraction of sp³-hybridized carbons (Fsp3) is 0.444. The van der Waals surface area contributed by atoms with Crippen LogP contribution in [0, 0.1) is 18.8 Å². The topological polar surface area (TPSA) is 65.6 Å². The summed E-state index contributed by atoms with van der Waals surface area (Å²) in [5.74, 6) is -2.34. The van der Waals surface area contributed by atoms with E-state index in [1.807, 2.05) is 24.4 Å². The number of nitrogens with zero attached hydrogens (tertiary/aromatic N) is 1. The molecule has 1 saturated heterocycles. The molecule has 5 nitrogen and oxygen atoms in total. The lowest BCUT2D eigenvalue weighted by molar-refractivity contribution is -0.134. The highest BCUT2D eigenvalue weighted by atomic mass is 19.3. The molecule has 0 spiro atoms. The van der Waals surface area contributed by atoms with E-state index in [1.165, 1.54) is 0 Å². The van der Waals surface area contributed by atoms with Gasteiger partial charge in [-0.1, -0.05) is 12.1 Å². The van der Waals surface area contributed by atoms with Crippen LogP contribution in [0.3, 0.4) is 0 Å². The van der Waals surface area contributed by atoms with Crippen molar-refractivity contribution in [2.24, 2.45) is 11.8 Å². The summed E-state index contributed by atoms with van der Waals surface area (Å²) in [7, 11) is 1.68. The van der Waals surface area contributed by atoms with Crippen molar-refractivity contribution >= 4 is 16.9 Å². The molecule has 2 N–H and O–H groups in total. The number of rotatable bonds is 6. The van der Waals surface area contributed by atoms with Crippen molar-refractivity contribution in [3.05, 3.63) is 64.8 Å². The summed E-state index contributed by atoms with van der Waals surface area (Å²) in [5, 5.41) is 10.4. The predicted octanol–water partition coefficient (Wildman–Crippen LogP) is 6.18. The van der Waals surface area contributed by atoms with Gasteiger partial charge >= 0.3 is 5.97 Å². The Hall–Kier alpha value is -2.93.